The molecular formula is C11H18N2S. The van der Waals surface area contributed by atoms with Crippen LogP contribution in [0, 0.1) is 0 Å². The Hall–Kier alpha value is -0.380. The van der Waals surface area contributed by atoms with Crippen LogP contribution in [0.15, 0.2) is 17.5 Å². The summed E-state index contributed by atoms with van der Waals surface area (Å²) in [6.07, 6.45) is 3.85. The minimum atomic E-state index is 0.721. The summed E-state index contributed by atoms with van der Waals surface area (Å²) < 4.78 is 0. The zero-order chi connectivity index (χ0) is 9.64. The second-order valence-electron chi connectivity index (χ2n) is 3.83. The van der Waals surface area contributed by atoms with Gasteiger partial charge in [0.2, 0.25) is 0 Å². The molecule has 1 aliphatic rings. The highest BCUT2D eigenvalue weighted by Crippen LogP contribution is 2.08. The molecule has 0 aliphatic carbocycles. The van der Waals surface area contributed by atoms with Crippen LogP contribution in [-0.4, -0.2) is 25.7 Å². The van der Waals surface area contributed by atoms with Crippen molar-refractivity contribution in [2.75, 3.05) is 19.6 Å². The third-order valence-corrected chi connectivity index (χ3v) is 3.62. The van der Waals surface area contributed by atoms with Crippen molar-refractivity contribution in [3.63, 3.8) is 0 Å². The standard InChI is InChI=1S/C11H18N2S/c1-3-10(13-6-1)9-12-7-5-11-4-2-8-14-11/h2,4,8,10,12-13H,1,3,5-7,9H2. The van der Waals surface area contributed by atoms with Crippen LogP contribution in [0.2, 0.25) is 0 Å². The summed E-state index contributed by atoms with van der Waals surface area (Å²) in [5.74, 6) is 0. The quantitative estimate of drug-likeness (QED) is 0.722. The van der Waals surface area contributed by atoms with Crippen molar-refractivity contribution in [1.82, 2.24) is 10.6 Å². The minimum absolute atomic E-state index is 0.721. The molecule has 0 spiro atoms. The van der Waals surface area contributed by atoms with E-state index in [1.54, 1.807) is 0 Å². The molecule has 0 aromatic carbocycles. The van der Waals surface area contributed by atoms with Crippen molar-refractivity contribution in [1.29, 1.82) is 0 Å². The average Bonchev–Trinajstić information content (AvgIpc) is 2.86. The van der Waals surface area contributed by atoms with Crippen LogP contribution < -0.4 is 10.6 Å². The number of thiophene rings is 1. The lowest BCUT2D eigenvalue weighted by Crippen LogP contribution is -2.34. The Labute approximate surface area is 89.7 Å². The molecule has 1 aromatic heterocycles. The molecule has 78 valence electrons. The van der Waals surface area contributed by atoms with Crippen LogP contribution in [0.4, 0.5) is 0 Å². The Bertz CT molecular complexity index is 240. The molecule has 1 atom stereocenters. The summed E-state index contributed by atoms with van der Waals surface area (Å²) in [5, 5.41) is 9.15. The minimum Gasteiger partial charge on any atom is -0.315 e. The van der Waals surface area contributed by atoms with Crippen LogP contribution in [-0.2, 0) is 6.42 Å². The van der Waals surface area contributed by atoms with Gasteiger partial charge >= 0.3 is 0 Å². The van der Waals surface area contributed by atoms with Crippen molar-refractivity contribution in [2.45, 2.75) is 25.3 Å². The van der Waals surface area contributed by atoms with Gasteiger partial charge in [0.15, 0.2) is 0 Å². The monoisotopic (exact) mass is 210 g/mol. The second-order valence-corrected chi connectivity index (χ2v) is 4.86. The molecule has 1 saturated heterocycles. The summed E-state index contributed by atoms with van der Waals surface area (Å²) in [6, 6.07) is 5.05. The van der Waals surface area contributed by atoms with Gasteiger partial charge in [-0.2, -0.15) is 0 Å². The van der Waals surface area contributed by atoms with Gasteiger partial charge in [0.25, 0.3) is 0 Å². The molecule has 2 N–H and O–H groups in total. The molecular weight excluding hydrogens is 192 g/mol. The Kier molecular flexibility index (Phi) is 3.98. The molecule has 2 rings (SSSR count). The summed E-state index contributed by atoms with van der Waals surface area (Å²) in [7, 11) is 0. The van der Waals surface area contributed by atoms with E-state index in [0.29, 0.717) is 0 Å². The highest BCUT2D eigenvalue weighted by atomic mass is 32.1. The first-order chi connectivity index (χ1) is 6.95. The summed E-state index contributed by atoms with van der Waals surface area (Å²) in [6.45, 7) is 3.45. The highest BCUT2D eigenvalue weighted by Gasteiger charge is 2.12. The predicted molar refractivity (Wildman–Crippen MR) is 61.9 cm³/mol. The first-order valence-electron chi connectivity index (χ1n) is 5.41. The Morgan fingerprint density at radius 1 is 1.57 bits per heavy atom. The van der Waals surface area contributed by atoms with Gasteiger partial charge in [0.1, 0.15) is 0 Å². The number of hydrogen-bond acceptors (Lipinski definition) is 3. The van der Waals surface area contributed by atoms with E-state index in [0.717, 1.165) is 19.1 Å². The van der Waals surface area contributed by atoms with Crippen molar-refractivity contribution in [3.05, 3.63) is 22.4 Å². The topological polar surface area (TPSA) is 24.1 Å². The maximum Gasteiger partial charge on any atom is 0.0192 e. The van der Waals surface area contributed by atoms with Gasteiger partial charge in [0.05, 0.1) is 0 Å². The van der Waals surface area contributed by atoms with E-state index in [2.05, 4.69) is 28.1 Å². The number of nitrogens with one attached hydrogen (secondary N) is 2. The van der Waals surface area contributed by atoms with Crippen molar-refractivity contribution < 1.29 is 0 Å². The Balaban J connectivity index is 1.55. The van der Waals surface area contributed by atoms with Gasteiger partial charge in [0, 0.05) is 24.0 Å². The van der Waals surface area contributed by atoms with E-state index in [9.17, 15) is 0 Å². The van der Waals surface area contributed by atoms with E-state index >= 15 is 0 Å². The number of rotatable bonds is 5. The Morgan fingerprint density at radius 3 is 3.29 bits per heavy atom. The number of hydrogen-bond donors (Lipinski definition) is 2. The maximum atomic E-state index is 3.51. The second kappa shape index (κ2) is 5.49. The largest absolute Gasteiger partial charge is 0.315 e. The van der Waals surface area contributed by atoms with Crippen molar-refractivity contribution in [2.24, 2.45) is 0 Å². The smallest absolute Gasteiger partial charge is 0.0192 e. The Morgan fingerprint density at radius 2 is 2.57 bits per heavy atom. The molecule has 0 radical (unpaired) electrons. The van der Waals surface area contributed by atoms with Gasteiger partial charge in [-0.15, -0.1) is 11.3 Å². The van der Waals surface area contributed by atoms with Gasteiger partial charge in [-0.25, -0.2) is 0 Å². The lowest BCUT2D eigenvalue weighted by atomic mass is 10.2. The zero-order valence-corrected chi connectivity index (χ0v) is 9.28. The molecule has 1 aliphatic heterocycles. The van der Waals surface area contributed by atoms with E-state index in [-0.39, 0.29) is 0 Å². The van der Waals surface area contributed by atoms with Gasteiger partial charge in [-0.05, 0) is 37.3 Å². The SMILES string of the molecule is c1csc(CCNCC2CCCN2)c1. The average molecular weight is 210 g/mol. The summed E-state index contributed by atoms with van der Waals surface area (Å²) in [5.41, 5.74) is 0. The van der Waals surface area contributed by atoms with Crippen LogP contribution >= 0.6 is 11.3 Å². The first-order valence-corrected chi connectivity index (χ1v) is 6.29. The van der Waals surface area contributed by atoms with Gasteiger partial charge in [-0.1, -0.05) is 6.07 Å². The van der Waals surface area contributed by atoms with E-state index in [4.69, 9.17) is 0 Å². The van der Waals surface area contributed by atoms with Gasteiger partial charge in [-0.3, -0.25) is 0 Å². The van der Waals surface area contributed by atoms with Crippen LogP contribution in [0.5, 0.6) is 0 Å². The predicted octanol–water partition coefficient (Wildman–Crippen LogP) is 1.63. The van der Waals surface area contributed by atoms with Crippen LogP contribution in [0.3, 0.4) is 0 Å². The third-order valence-electron chi connectivity index (χ3n) is 2.68. The molecule has 2 nitrogen and oxygen atoms in total. The maximum absolute atomic E-state index is 3.51. The molecule has 1 aromatic rings. The zero-order valence-electron chi connectivity index (χ0n) is 8.46. The van der Waals surface area contributed by atoms with Crippen molar-refractivity contribution >= 4 is 11.3 Å². The van der Waals surface area contributed by atoms with Crippen molar-refractivity contribution in [3.8, 4) is 0 Å². The fourth-order valence-electron chi connectivity index (χ4n) is 1.87. The highest BCUT2D eigenvalue weighted by molar-refractivity contribution is 7.09. The normalized spacial score (nSPS) is 21.6. The lowest BCUT2D eigenvalue weighted by molar-refractivity contribution is 0.538. The van der Waals surface area contributed by atoms with E-state index < -0.39 is 0 Å². The third kappa shape index (κ3) is 3.08. The fourth-order valence-corrected chi connectivity index (χ4v) is 2.58. The fraction of sp³-hybridized carbons (Fsp3) is 0.636. The summed E-state index contributed by atoms with van der Waals surface area (Å²) in [4.78, 5) is 1.48. The molecule has 0 amide bonds. The van der Waals surface area contributed by atoms with E-state index in [1.807, 2.05) is 11.3 Å². The molecule has 14 heavy (non-hydrogen) atoms. The molecule has 0 saturated carbocycles. The molecule has 1 fully saturated rings. The molecule has 2 heterocycles. The van der Waals surface area contributed by atoms with Gasteiger partial charge < -0.3 is 10.6 Å². The lowest BCUT2D eigenvalue weighted by Gasteiger charge is -2.10. The summed E-state index contributed by atoms with van der Waals surface area (Å²) >= 11 is 1.85. The molecule has 3 heteroatoms. The molecule has 0 bridgehead atoms. The van der Waals surface area contributed by atoms with Crippen LogP contribution in [0.1, 0.15) is 17.7 Å². The van der Waals surface area contributed by atoms with E-state index in [1.165, 1.54) is 30.7 Å². The molecule has 1 unspecified atom stereocenters. The first kappa shape index (κ1) is 10.1. The van der Waals surface area contributed by atoms with Crippen LogP contribution in [0.25, 0.3) is 0 Å².